The molecule has 0 aromatic carbocycles. The molecule has 0 bridgehead atoms. The predicted octanol–water partition coefficient (Wildman–Crippen LogP) is -8.86. The number of carbonyl (C=O) groups is 1. The second-order valence-corrected chi connectivity index (χ2v) is 11.9. The Morgan fingerprint density at radius 1 is 0.909 bits per heavy atom. The summed E-state index contributed by atoms with van der Waals surface area (Å²) in [6.45, 7) is 0.424. The molecule has 256 valence electrons. The zero-order chi connectivity index (χ0) is 32.3. The summed E-state index contributed by atoms with van der Waals surface area (Å²) >= 11 is 0. The molecule has 4 fully saturated rings. The predicted molar refractivity (Wildman–Crippen MR) is 149 cm³/mol. The van der Waals surface area contributed by atoms with E-state index in [4.69, 9.17) is 41.9 Å². The molecule has 0 unspecified atom stereocenters. The van der Waals surface area contributed by atoms with E-state index in [0.717, 1.165) is 0 Å². The van der Waals surface area contributed by atoms with Crippen molar-refractivity contribution in [3.8, 4) is 0 Å². The number of rotatable bonds is 12. The molecule has 19 heteroatoms. The first kappa shape index (κ1) is 35.6. The normalized spacial score (nSPS) is 45.8. The van der Waals surface area contributed by atoms with Gasteiger partial charge in [-0.15, -0.1) is 0 Å². The number of aliphatic hydroxyl groups excluding tert-OH is 7. The second kappa shape index (κ2) is 15.6. The molecule has 3 heterocycles. The van der Waals surface area contributed by atoms with Crippen LogP contribution in [0.3, 0.4) is 0 Å². The van der Waals surface area contributed by atoms with Crippen LogP contribution in [0.5, 0.6) is 0 Å². The highest BCUT2D eigenvalue weighted by molar-refractivity contribution is 5.80. The molecule has 3 saturated heterocycles. The number of hydrogen-bond acceptors (Lipinski definition) is 18. The molecule has 1 amide bonds. The van der Waals surface area contributed by atoms with Crippen molar-refractivity contribution in [1.82, 2.24) is 16.0 Å². The number of carbonyl (C=O) groups excluding carboxylic acids is 1. The maximum atomic E-state index is 12.7. The van der Waals surface area contributed by atoms with Crippen molar-refractivity contribution in [3.05, 3.63) is 0 Å². The summed E-state index contributed by atoms with van der Waals surface area (Å²) in [5.41, 5.74) is 23.6. The van der Waals surface area contributed by atoms with Crippen molar-refractivity contribution in [1.29, 1.82) is 0 Å². The van der Waals surface area contributed by atoms with Gasteiger partial charge in [-0.25, -0.2) is 0 Å². The largest absolute Gasteiger partial charge is 0.394 e. The molecule has 0 spiro atoms. The fourth-order valence-electron chi connectivity index (χ4n) is 5.94. The molecular weight excluding hydrogens is 590 g/mol. The van der Waals surface area contributed by atoms with E-state index in [-0.39, 0.29) is 32.0 Å². The van der Waals surface area contributed by atoms with Gasteiger partial charge in [0.1, 0.15) is 61.0 Å². The van der Waals surface area contributed by atoms with Crippen molar-refractivity contribution in [2.45, 2.75) is 117 Å². The van der Waals surface area contributed by atoms with E-state index in [1.54, 1.807) is 0 Å². The number of hydrogen-bond donors (Lipinski definition) is 14. The molecule has 4 aliphatic rings. The van der Waals surface area contributed by atoms with Gasteiger partial charge < -0.3 is 93.6 Å². The molecule has 0 aromatic rings. The highest BCUT2D eigenvalue weighted by atomic mass is 16.7. The fourth-order valence-corrected chi connectivity index (χ4v) is 5.94. The standard InChI is InChI=1S/C25H49N7O12/c26-2-1-11(34)23(40)32-10-3-9(28)21(20(39)22(10)44-25-18(37)14(29)16(35)13(7-33)42-25)43-24-15(31-8-5-30-6-8)19(38)17(36)12(4-27)41-24/h8-22,24-25,30-31,33-39H,1-7,26-29H2,(H,32,40)/t9-,10+,11-,12+,13+,14-,15+,16+,17+,18+,19+,20-,21+,22-,24+,25+/m0/s1. The topological polar surface area (TPSA) is 336 Å². The molecule has 19 nitrogen and oxygen atoms in total. The number of nitrogens with one attached hydrogen (secondary N) is 3. The van der Waals surface area contributed by atoms with E-state index in [1.807, 2.05) is 0 Å². The van der Waals surface area contributed by atoms with Gasteiger partial charge in [0.05, 0.1) is 24.7 Å². The molecule has 0 radical (unpaired) electrons. The maximum absolute atomic E-state index is 12.7. The zero-order valence-electron chi connectivity index (χ0n) is 24.2. The van der Waals surface area contributed by atoms with Gasteiger partial charge in [-0.3, -0.25) is 4.79 Å². The van der Waals surface area contributed by atoms with Crippen LogP contribution in [0.15, 0.2) is 0 Å². The molecule has 18 N–H and O–H groups in total. The highest BCUT2D eigenvalue weighted by Gasteiger charge is 2.53. The molecule has 4 rings (SSSR count). The minimum Gasteiger partial charge on any atom is -0.394 e. The van der Waals surface area contributed by atoms with Crippen LogP contribution in [0.4, 0.5) is 0 Å². The lowest BCUT2D eigenvalue weighted by atomic mass is 9.83. The molecule has 3 aliphatic heterocycles. The van der Waals surface area contributed by atoms with Crippen molar-refractivity contribution in [2.24, 2.45) is 22.9 Å². The Labute approximate surface area is 254 Å². The summed E-state index contributed by atoms with van der Waals surface area (Å²) in [6.07, 6.45) is -16.6. The minimum atomic E-state index is -1.64. The first-order valence-corrected chi connectivity index (χ1v) is 14.9. The van der Waals surface area contributed by atoms with E-state index in [2.05, 4.69) is 16.0 Å². The van der Waals surface area contributed by atoms with Crippen molar-refractivity contribution >= 4 is 5.91 Å². The number of aliphatic hydroxyl groups is 7. The van der Waals surface area contributed by atoms with E-state index < -0.39 is 110 Å². The van der Waals surface area contributed by atoms with Crippen LogP contribution in [-0.4, -0.2) is 178 Å². The third kappa shape index (κ3) is 7.66. The van der Waals surface area contributed by atoms with Crippen LogP contribution in [0.25, 0.3) is 0 Å². The summed E-state index contributed by atoms with van der Waals surface area (Å²) in [5.74, 6) is -0.810. The van der Waals surface area contributed by atoms with E-state index in [1.165, 1.54) is 0 Å². The Balaban J connectivity index is 1.58. The van der Waals surface area contributed by atoms with Crippen molar-refractivity contribution < 1.29 is 59.5 Å². The summed E-state index contributed by atoms with van der Waals surface area (Å²) in [5, 5.41) is 82.7. The number of nitrogens with two attached hydrogens (primary N) is 4. The quantitative estimate of drug-likeness (QED) is 0.0942. The Bertz CT molecular complexity index is 925. The third-order valence-corrected chi connectivity index (χ3v) is 8.75. The SMILES string of the molecule is NCC[C@H](O)C(=O)N[C@@H]1C[C@H](N)[C@@H](O[C@H]2O[C@H](CN)[C@@H](O)[C@H](O)[C@H]2NC2CNC2)[C@H](O)[C@H]1O[C@H]1O[C@H](CO)[C@@H](O)[C@H](N)[C@H]1O. The number of ether oxygens (including phenoxy) is 4. The van der Waals surface area contributed by atoms with Gasteiger partial charge in [-0.1, -0.05) is 0 Å². The van der Waals surface area contributed by atoms with Crippen LogP contribution < -0.4 is 38.9 Å². The van der Waals surface area contributed by atoms with Crippen LogP contribution in [0.1, 0.15) is 12.8 Å². The van der Waals surface area contributed by atoms with Crippen molar-refractivity contribution in [2.75, 3.05) is 32.8 Å². The van der Waals surface area contributed by atoms with Gasteiger partial charge in [-0.05, 0) is 19.4 Å². The molecule has 16 atom stereocenters. The summed E-state index contributed by atoms with van der Waals surface area (Å²) in [7, 11) is 0. The Hall–Kier alpha value is -1.21. The van der Waals surface area contributed by atoms with Gasteiger partial charge in [0.15, 0.2) is 12.6 Å². The van der Waals surface area contributed by atoms with Crippen LogP contribution >= 0.6 is 0 Å². The van der Waals surface area contributed by atoms with Crippen LogP contribution in [-0.2, 0) is 23.7 Å². The summed E-state index contributed by atoms with van der Waals surface area (Å²) in [6, 6.07) is -4.32. The second-order valence-electron chi connectivity index (χ2n) is 11.9. The minimum absolute atomic E-state index is 0.0277. The third-order valence-electron chi connectivity index (χ3n) is 8.75. The first-order valence-electron chi connectivity index (χ1n) is 14.9. The van der Waals surface area contributed by atoms with Crippen LogP contribution in [0.2, 0.25) is 0 Å². The Morgan fingerprint density at radius 2 is 1.57 bits per heavy atom. The van der Waals surface area contributed by atoms with E-state index in [9.17, 15) is 40.5 Å². The summed E-state index contributed by atoms with van der Waals surface area (Å²) < 4.78 is 23.6. The Kier molecular flexibility index (Phi) is 12.6. The summed E-state index contributed by atoms with van der Waals surface area (Å²) in [4.78, 5) is 12.7. The van der Waals surface area contributed by atoms with E-state index >= 15 is 0 Å². The molecule has 44 heavy (non-hydrogen) atoms. The van der Waals surface area contributed by atoms with Gasteiger partial charge in [0.2, 0.25) is 5.91 Å². The van der Waals surface area contributed by atoms with Crippen LogP contribution in [0, 0.1) is 0 Å². The lowest BCUT2D eigenvalue weighted by Crippen LogP contribution is -2.72. The maximum Gasteiger partial charge on any atom is 0.249 e. The van der Waals surface area contributed by atoms with Gasteiger partial charge in [-0.2, -0.15) is 0 Å². The molecule has 1 saturated carbocycles. The van der Waals surface area contributed by atoms with Gasteiger partial charge in [0, 0.05) is 31.7 Å². The molecule has 0 aromatic heterocycles. The Morgan fingerprint density at radius 3 is 2.16 bits per heavy atom. The van der Waals surface area contributed by atoms with Gasteiger partial charge >= 0.3 is 0 Å². The monoisotopic (exact) mass is 639 g/mol. The fraction of sp³-hybridized carbons (Fsp3) is 0.960. The van der Waals surface area contributed by atoms with Gasteiger partial charge in [0.25, 0.3) is 0 Å². The lowest BCUT2D eigenvalue weighted by Gasteiger charge is -2.50. The molecule has 1 aliphatic carbocycles. The average Bonchev–Trinajstić information content (AvgIpc) is 2.97. The molecular formula is C25H49N7O12. The highest BCUT2D eigenvalue weighted by Crippen LogP contribution is 2.32. The van der Waals surface area contributed by atoms with E-state index in [0.29, 0.717) is 13.1 Å². The average molecular weight is 640 g/mol. The lowest BCUT2D eigenvalue weighted by molar-refractivity contribution is -0.321. The first-order chi connectivity index (χ1) is 20.9. The zero-order valence-corrected chi connectivity index (χ0v) is 24.2. The number of amides is 1. The smallest absolute Gasteiger partial charge is 0.249 e. The van der Waals surface area contributed by atoms with Crippen molar-refractivity contribution in [3.63, 3.8) is 0 Å².